The lowest BCUT2D eigenvalue weighted by molar-refractivity contribution is -0.384. The van der Waals surface area contributed by atoms with Gasteiger partial charge in [0.1, 0.15) is 11.5 Å². The molecule has 7 nitrogen and oxygen atoms in total. The van der Waals surface area contributed by atoms with E-state index in [1.807, 2.05) is 29.2 Å². The molecule has 2 aliphatic rings. The largest absolute Gasteiger partial charge is 0.457 e. The zero-order valence-corrected chi connectivity index (χ0v) is 15.9. The average Bonchev–Trinajstić information content (AvgIpc) is 3.43. The van der Waals surface area contributed by atoms with Crippen LogP contribution < -0.4 is 5.32 Å². The van der Waals surface area contributed by atoms with Crippen molar-refractivity contribution < 1.29 is 14.1 Å². The molecule has 8 heteroatoms. The number of nitrogens with one attached hydrogen (secondary N) is 1. The van der Waals surface area contributed by atoms with E-state index in [4.69, 9.17) is 16.0 Å². The fourth-order valence-electron chi connectivity index (χ4n) is 3.67. The maximum atomic E-state index is 13.1. The summed E-state index contributed by atoms with van der Waals surface area (Å²) >= 11 is 6.24. The molecule has 1 fully saturated rings. The number of benzene rings is 2. The van der Waals surface area contributed by atoms with Crippen molar-refractivity contribution in [3.63, 3.8) is 0 Å². The lowest BCUT2D eigenvalue weighted by Crippen LogP contribution is -2.44. The van der Waals surface area contributed by atoms with Gasteiger partial charge in [-0.15, -0.1) is 0 Å². The number of fused-ring (bicyclic) bond motifs is 1. The summed E-state index contributed by atoms with van der Waals surface area (Å²) in [6.45, 7) is 0. The summed E-state index contributed by atoms with van der Waals surface area (Å²) in [5, 5.41) is 14.6. The third-order valence-electron chi connectivity index (χ3n) is 5.23. The number of nitro benzene ring substituents is 1. The minimum atomic E-state index is -0.494. The fraction of sp³-hybridized carbons (Fsp3) is 0.190. The normalized spacial score (nSPS) is 18.3. The number of carbonyl (C=O) groups is 1. The Hall–Kier alpha value is -3.32. The van der Waals surface area contributed by atoms with E-state index < -0.39 is 11.1 Å². The van der Waals surface area contributed by atoms with Crippen LogP contribution in [0.4, 0.5) is 11.4 Å². The first-order chi connectivity index (χ1) is 14.0. The lowest BCUT2D eigenvalue weighted by atomic mass is 10.1. The lowest BCUT2D eigenvalue weighted by Gasteiger charge is -2.37. The van der Waals surface area contributed by atoms with Crippen LogP contribution in [0.25, 0.3) is 11.3 Å². The Morgan fingerprint density at radius 3 is 2.62 bits per heavy atom. The van der Waals surface area contributed by atoms with Gasteiger partial charge >= 0.3 is 0 Å². The van der Waals surface area contributed by atoms with Crippen LogP contribution in [-0.2, 0) is 0 Å². The number of para-hydroxylation sites is 1. The number of rotatable bonds is 4. The molecule has 2 aromatic carbocycles. The fourth-order valence-corrected chi connectivity index (χ4v) is 3.94. The van der Waals surface area contributed by atoms with Crippen LogP contribution in [0.1, 0.15) is 35.1 Å². The van der Waals surface area contributed by atoms with Crippen molar-refractivity contribution in [1.29, 1.82) is 0 Å². The zero-order valence-electron chi connectivity index (χ0n) is 15.2. The number of non-ortho nitro benzene ring substituents is 1. The molecular formula is C21H16ClN3O4. The van der Waals surface area contributed by atoms with E-state index in [0.717, 1.165) is 18.5 Å². The quantitative estimate of drug-likeness (QED) is 0.470. The molecule has 1 aliphatic heterocycles. The number of nitrogens with zero attached hydrogens (tertiary/aromatic N) is 2. The Balaban J connectivity index is 1.51. The van der Waals surface area contributed by atoms with Gasteiger partial charge in [-0.2, -0.15) is 0 Å². The maximum absolute atomic E-state index is 13.1. The highest BCUT2D eigenvalue weighted by atomic mass is 35.5. The molecule has 1 aromatic heterocycles. The van der Waals surface area contributed by atoms with E-state index in [2.05, 4.69) is 5.32 Å². The van der Waals surface area contributed by atoms with E-state index in [-0.39, 0.29) is 22.7 Å². The molecule has 1 aliphatic carbocycles. The number of carbonyl (C=O) groups excluding carboxylic acids is 1. The molecular weight excluding hydrogens is 394 g/mol. The van der Waals surface area contributed by atoms with Crippen molar-refractivity contribution in [3.05, 3.63) is 81.1 Å². The number of anilines is 1. The first-order valence-electron chi connectivity index (χ1n) is 9.25. The van der Waals surface area contributed by atoms with Crippen LogP contribution >= 0.6 is 11.6 Å². The van der Waals surface area contributed by atoms with Gasteiger partial charge in [0.05, 0.1) is 15.5 Å². The highest BCUT2D eigenvalue weighted by Crippen LogP contribution is 2.42. The van der Waals surface area contributed by atoms with Gasteiger partial charge in [0.2, 0.25) is 0 Å². The van der Waals surface area contributed by atoms with Crippen LogP contribution in [-0.4, -0.2) is 21.8 Å². The van der Waals surface area contributed by atoms with Crippen molar-refractivity contribution in [1.82, 2.24) is 4.90 Å². The second-order valence-electron chi connectivity index (χ2n) is 7.16. The van der Waals surface area contributed by atoms with Crippen molar-refractivity contribution in [2.45, 2.75) is 25.0 Å². The summed E-state index contributed by atoms with van der Waals surface area (Å²) in [5.74, 6) is 1.06. The summed E-state index contributed by atoms with van der Waals surface area (Å²) in [5.41, 5.74) is 1.90. The summed E-state index contributed by atoms with van der Waals surface area (Å²) in [6.07, 6.45) is 1.51. The van der Waals surface area contributed by atoms with Crippen molar-refractivity contribution in [2.24, 2.45) is 0 Å². The van der Waals surface area contributed by atoms with Crippen molar-refractivity contribution >= 4 is 28.9 Å². The Bertz CT molecular complexity index is 1140. The molecule has 146 valence electrons. The number of hydrogen-bond donors (Lipinski definition) is 1. The van der Waals surface area contributed by atoms with E-state index in [9.17, 15) is 14.9 Å². The van der Waals surface area contributed by atoms with Crippen molar-refractivity contribution in [3.8, 4) is 11.3 Å². The van der Waals surface area contributed by atoms with E-state index in [1.54, 1.807) is 18.2 Å². The minimum absolute atomic E-state index is 0.0156. The number of amides is 1. The number of hydrogen-bond acceptors (Lipinski definition) is 5. The van der Waals surface area contributed by atoms with Gasteiger partial charge in [0, 0.05) is 29.4 Å². The second-order valence-corrected chi connectivity index (χ2v) is 7.57. The Kier molecular flexibility index (Phi) is 4.06. The SMILES string of the molecule is O=C1c2ccccc2N[C@@H](c2ccc(-c3ccc([N+](=O)[O-])cc3Cl)o2)N1C1CC1. The van der Waals surface area contributed by atoms with Gasteiger partial charge in [0.15, 0.2) is 6.17 Å². The molecule has 1 saturated carbocycles. The zero-order chi connectivity index (χ0) is 20.1. The van der Waals surface area contributed by atoms with Gasteiger partial charge in [0.25, 0.3) is 11.6 Å². The molecule has 5 rings (SSSR count). The van der Waals surface area contributed by atoms with Crippen LogP contribution in [0.5, 0.6) is 0 Å². The average molecular weight is 410 g/mol. The first-order valence-corrected chi connectivity index (χ1v) is 9.63. The highest BCUT2D eigenvalue weighted by Gasteiger charge is 2.43. The van der Waals surface area contributed by atoms with Gasteiger partial charge in [-0.3, -0.25) is 14.9 Å². The van der Waals surface area contributed by atoms with Crippen LogP contribution in [0.3, 0.4) is 0 Å². The molecule has 0 saturated heterocycles. The molecule has 0 unspecified atom stereocenters. The summed E-state index contributed by atoms with van der Waals surface area (Å²) in [7, 11) is 0. The van der Waals surface area contributed by atoms with Crippen LogP contribution in [0.2, 0.25) is 5.02 Å². The molecule has 0 bridgehead atoms. The molecule has 0 spiro atoms. The number of furan rings is 1. The third kappa shape index (κ3) is 3.03. The molecule has 2 heterocycles. The Morgan fingerprint density at radius 1 is 1.10 bits per heavy atom. The summed E-state index contributed by atoms with van der Waals surface area (Å²) in [4.78, 5) is 25.3. The van der Waals surface area contributed by atoms with Gasteiger partial charge < -0.3 is 14.6 Å². The Morgan fingerprint density at radius 2 is 1.90 bits per heavy atom. The predicted octanol–water partition coefficient (Wildman–Crippen LogP) is 5.24. The molecule has 0 radical (unpaired) electrons. The molecule has 3 aromatic rings. The first kappa shape index (κ1) is 17.8. The Labute approximate surface area is 171 Å². The van der Waals surface area contributed by atoms with E-state index >= 15 is 0 Å². The van der Waals surface area contributed by atoms with Crippen molar-refractivity contribution in [2.75, 3.05) is 5.32 Å². The molecule has 29 heavy (non-hydrogen) atoms. The van der Waals surface area contributed by atoms with E-state index in [0.29, 0.717) is 22.6 Å². The maximum Gasteiger partial charge on any atom is 0.270 e. The van der Waals surface area contributed by atoms with Gasteiger partial charge in [-0.1, -0.05) is 23.7 Å². The minimum Gasteiger partial charge on any atom is -0.457 e. The monoisotopic (exact) mass is 409 g/mol. The molecule has 1 atom stereocenters. The number of nitro groups is 1. The highest BCUT2D eigenvalue weighted by molar-refractivity contribution is 6.33. The summed E-state index contributed by atoms with van der Waals surface area (Å²) in [6, 6.07) is 15.4. The van der Waals surface area contributed by atoms with Crippen LogP contribution in [0.15, 0.2) is 59.0 Å². The smallest absolute Gasteiger partial charge is 0.270 e. The van der Waals surface area contributed by atoms with Crippen LogP contribution in [0, 0.1) is 10.1 Å². The second kappa shape index (κ2) is 6.63. The van der Waals surface area contributed by atoms with Gasteiger partial charge in [-0.05, 0) is 43.2 Å². The number of halogens is 1. The summed E-state index contributed by atoms with van der Waals surface area (Å²) < 4.78 is 6.05. The predicted molar refractivity (Wildman–Crippen MR) is 108 cm³/mol. The van der Waals surface area contributed by atoms with Gasteiger partial charge in [-0.25, -0.2) is 0 Å². The third-order valence-corrected chi connectivity index (χ3v) is 5.54. The standard InChI is InChI=1S/C21H16ClN3O4/c22-16-11-13(25(27)28)7-8-14(16)18-9-10-19(29-18)20-23-17-4-2-1-3-15(17)21(26)24(20)12-5-6-12/h1-4,7-12,20,23H,5-6H2/t20-/m1/s1. The van der Waals surface area contributed by atoms with E-state index in [1.165, 1.54) is 12.1 Å². The topological polar surface area (TPSA) is 88.6 Å². The molecule has 1 amide bonds. The molecule has 1 N–H and O–H groups in total.